The normalized spacial score (nSPS) is 26.0. The Labute approximate surface area is 132 Å². The molecule has 1 atom stereocenters. The highest BCUT2D eigenvalue weighted by atomic mass is 16.2. The van der Waals surface area contributed by atoms with Gasteiger partial charge in [0, 0.05) is 43.4 Å². The molecule has 3 aliphatic rings. The summed E-state index contributed by atoms with van der Waals surface area (Å²) in [5.74, 6) is 2.61. The van der Waals surface area contributed by atoms with E-state index < -0.39 is 0 Å². The third-order valence-electron chi connectivity index (χ3n) is 5.74. The van der Waals surface area contributed by atoms with Crippen LogP contribution in [0.5, 0.6) is 0 Å². The smallest absolute Gasteiger partial charge is 0.225 e. The third kappa shape index (κ3) is 2.68. The zero-order valence-electron chi connectivity index (χ0n) is 13.6. The average molecular weight is 301 g/mol. The van der Waals surface area contributed by atoms with E-state index in [9.17, 15) is 4.79 Å². The standard InChI is InChI=1S/C18H27N3O/c1-13-11-19-17(21(13)16-6-7-16)10-14-8-9-20(12-14)18(22)15-4-2-3-5-15/h11,14-16H,2-10,12H2,1H3. The van der Waals surface area contributed by atoms with Gasteiger partial charge in [0.1, 0.15) is 5.82 Å². The first kappa shape index (κ1) is 14.3. The van der Waals surface area contributed by atoms with Gasteiger partial charge in [-0.2, -0.15) is 0 Å². The number of imidazole rings is 1. The van der Waals surface area contributed by atoms with Crippen LogP contribution in [-0.2, 0) is 11.2 Å². The van der Waals surface area contributed by atoms with Crippen LogP contribution in [0.4, 0.5) is 0 Å². The highest BCUT2D eigenvalue weighted by Crippen LogP contribution is 2.38. The van der Waals surface area contributed by atoms with Crippen LogP contribution >= 0.6 is 0 Å². The summed E-state index contributed by atoms with van der Waals surface area (Å²) in [6.45, 7) is 4.08. The largest absolute Gasteiger partial charge is 0.342 e. The fourth-order valence-electron chi connectivity index (χ4n) is 4.37. The lowest BCUT2D eigenvalue weighted by Crippen LogP contribution is -2.33. The topological polar surface area (TPSA) is 38.1 Å². The molecule has 4 heteroatoms. The summed E-state index contributed by atoms with van der Waals surface area (Å²) in [6, 6.07) is 0.704. The number of aromatic nitrogens is 2. The molecule has 0 N–H and O–H groups in total. The maximum absolute atomic E-state index is 12.5. The summed E-state index contributed by atoms with van der Waals surface area (Å²) >= 11 is 0. The molecule has 2 aliphatic carbocycles. The van der Waals surface area contributed by atoms with Gasteiger partial charge in [-0.05, 0) is 44.9 Å². The SMILES string of the molecule is Cc1cnc(CC2CCN(C(=O)C3CCCC3)C2)n1C1CC1. The number of hydrogen-bond donors (Lipinski definition) is 0. The molecule has 1 saturated heterocycles. The summed E-state index contributed by atoms with van der Waals surface area (Å²) in [5.41, 5.74) is 1.30. The van der Waals surface area contributed by atoms with Crippen molar-refractivity contribution in [2.24, 2.45) is 11.8 Å². The Morgan fingerprint density at radius 3 is 2.73 bits per heavy atom. The molecule has 0 spiro atoms. The number of aryl methyl sites for hydroxylation is 1. The van der Waals surface area contributed by atoms with Crippen molar-refractivity contribution >= 4 is 5.91 Å². The maximum Gasteiger partial charge on any atom is 0.225 e. The Kier molecular flexibility index (Phi) is 3.71. The molecule has 0 bridgehead atoms. The minimum Gasteiger partial charge on any atom is -0.342 e. The quantitative estimate of drug-likeness (QED) is 0.857. The van der Waals surface area contributed by atoms with Gasteiger partial charge < -0.3 is 9.47 Å². The van der Waals surface area contributed by atoms with Crippen LogP contribution in [0.3, 0.4) is 0 Å². The second-order valence-corrected chi connectivity index (χ2v) is 7.54. The first-order chi connectivity index (χ1) is 10.7. The predicted molar refractivity (Wildman–Crippen MR) is 85.6 cm³/mol. The minimum absolute atomic E-state index is 0.328. The number of likely N-dealkylation sites (tertiary alicyclic amines) is 1. The number of amides is 1. The number of carbonyl (C=O) groups is 1. The Balaban J connectivity index is 1.38. The summed E-state index contributed by atoms with van der Waals surface area (Å²) in [7, 11) is 0. The molecule has 2 heterocycles. The maximum atomic E-state index is 12.5. The lowest BCUT2D eigenvalue weighted by molar-refractivity contribution is -0.134. The Hall–Kier alpha value is -1.32. The Morgan fingerprint density at radius 1 is 1.23 bits per heavy atom. The van der Waals surface area contributed by atoms with Crippen LogP contribution in [0.1, 0.15) is 62.5 Å². The second-order valence-electron chi connectivity index (χ2n) is 7.54. The fraction of sp³-hybridized carbons (Fsp3) is 0.778. The van der Waals surface area contributed by atoms with Crippen molar-refractivity contribution in [2.45, 2.75) is 64.3 Å². The molecule has 1 aliphatic heterocycles. The first-order valence-corrected chi connectivity index (χ1v) is 9.04. The van der Waals surface area contributed by atoms with Crippen molar-refractivity contribution in [3.8, 4) is 0 Å². The minimum atomic E-state index is 0.328. The molecule has 120 valence electrons. The molecule has 1 amide bonds. The molecule has 3 fully saturated rings. The molecule has 1 aromatic heterocycles. The van der Waals surface area contributed by atoms with E-state index in [1.807, 2.05) is 6.20 Å². The van der Waals surface area contributed by atoms with Crippen molar-refractivity contribution in [1.82, 2.24) is 14.5 Å². The van der Waals surface area contributed by atoms with E-state index in [1.54, 1.807) is 0 Å². The number of carbonyl (C=O) groups excluding carboxylic acids is 1. The molecular formula is C18H27N3O. The van der Waals surface area contributed by atoms with Gasteiger partial charge in [0.15, 0.2) is 0 Å². The van der Waals surface area contributed by atoms with E-state index in [2.05, 4.69) is 21.4 Å². The van der Waals surface area contributed by atoms with Crippen molar-refractivity contribution in [1.29, 1.82) is 0 Å². The Bertz CT molecular complexity index is 555. The molecule has 2 saturated carbocycles. The average Bonchev–Trinajstić information content (AvgIpc) is 2.97. The van der Waals surface area contributed by atoms with Crippen LogP contribution in [0, 0.1) is 18.8 Å². The predicted octanol–water partition coefficient (Wildman–Crippen LogP) is 3.11. The summed E-state index contributed by atoms with van der Waals surface area (Å²) < 4.78 is 2.45. The molecule has 22 heavy (non-hydrogen) atoms. The van der Waals surface area contributed by atoms with Gasteiger partial charge in [-0.3, -0.25) is 4.79 Å². The lowest BCUT2D eigenvalue weighted by atomic mass is 10.0. The van der Waals surface area contributed by atoms with Gasteiger partial charge in [0.2, 0.25) is 5.91 Å². The highest BCUT2D eigenvalue weighted by Gasteiger charge is 2.34. The third-order valence-corrected chi connectivity index (χ3v) is 5.74. The van der Waals surface area contributed by atoms with E-state index >= 15 is 0 Å². The monoisotopic (exact) mass is 301 g/mol. The number of rotatable bonds is 4. The summed E-state index contributed by atoms with van der Waals surface area (Å²) in [5, 5.41) is 0. The molecule has 4 rings (SSSR count). The van der Waals surface area contributed by atoms with Crippen LogP contribution in [0.2, 0.25) is 0 Å². The molecule has 4 nitrogen and oxygen atoms in total. The van der Waals surface area contributed by atoms with E-state index in [0.717, 1.165) is 38.8 Å². The van der Waals surface area contributed by atoms with Crippen molar-refractivity contribution in [2.75, 3.05) is 13.1 Å². The summed E-state index contributed by atoms with van der Waals surface area (Å²) in [4.78, 5) is 19.3. The van der Waals surface area contributed by atoms with Crippen LogP contribution in [-0.4, -0.2) is 33.4 Å². The fourth-order valence-corrected chi connectivity index (χ4v) is 4.37. The first-order valence-electron chi connectivity index (χ1n) is 9.04. The van der Waals surface area contributed by atoms with Gasteiger partial charge in [-0.25, -0.2) is 4.98 Å². The molecule has 0 aromatic carbocycles. The zero-order valence-corrected chi connectivity index (χ0v) is 13.6. The van der Waals surface area contributed by atoms with Crippen LogP contribution < -0.4 is 0 Å². The van der Waals surface area contributed by atoms with E-state index in [-0.39, 0.29) is 0 Å². The van der Waals surface area contributed by atoms with E-state index in [1.165, 1.54) is 37.2 Å². The van der Waals surface area contributed by atoms with Crippen molar-refractivity contribution < 1.29 is 4.79 Å². The molecule has 1 unspecified atom stereocenters. The van der Waals surface area contributed by atoms with Crippen molar-refractivity contribution in [3.05, 3.63) is 17.7 Å². The van der Waals surface area contributed by atoms with E-state index in [4.69, 9.17) is 0 Å². The second kappa shape index (κ2) is 5.71. The van der Waals surface area contributed by atoms with Gasteiger partial charge in [-0.1, -0.05) is 12.8 Å². The molecular weight excluding hydrogens is 274 g/mol. The van der Waals surface area contributed by atoms with Gasteiger partial charge in [0.25, 0.3) is 0 Å². The lowest BCUT2D eigenvalue weighted by Gasteiger charge is -2.20. The van der Waals surface area contributed by atoms with Crippen LogP contribution in [0.15, 0.2) is 6.20 Å². The summed E-state index contributed by atoms with van der Waals surface area (Å²) in [6.07, 6.45) is 11.5. The Morgan fingerprint density at radius 2 is 2.00 bits per heavy atom. The van der Waals surface area contributed by atoms with Gasteiger partial charge >= 0.3 is 0 Å². The van der Waals surface area contributed by atoms with Crippen molar-refractivity contribution in [3.63, 3.8) is 0 Å². The highest BCUT2D eigenvalue weighted by molar-refractivity contribution is 5.79. The van der Waals surface area contributed by atoms with Gasteiger partial charge in [-0.15, -0.1) is 0 Å². The molecule has 0 radical (unpaired) electrons. The number of nitrogens with zero attached hydrogens (tertiary/aromatic N) is 3. The van der Waals surface area contributed by atoms with Gasteiger partial charge in [0.05, 0.1) is 0 Å². The molecule has 1 aromatic rings. The number of hydrogen-bond acceptors (Lipinski definition) is 2. The zero-order chi connectivity index (χ0) is 15.1. The van der Waals surface area contributed by atoms with Crippen LogP contribution in [0.25, 0.3) is 0 Å². The van der Waals surface area contributed by atoms with E-state index in [0.29, 0.717) is 23.8 Å².